The zero-order valence-corrected chi connectivity index (χ0v) is 13.6. The van der Waals surface area contributed by atoms with Crippen LogP contribution in [0.25, 0.3) is 0 Å². The third-order valence-corrected chi connectivity index (χ3v) is 4.05. The van der Waals surface area contributed by atoms with Gasteiger partial charge in [-0.2, -0.15) is 5.26 Å². The van der Waals surface area contributed by atoms with Crippen molar-refractivity contribution < 1.29 is 18.8 Å². The Kier molecular flexibility index (Phi) is 4.79. The molecular weight excluding hydrogens is 350 g/mol. The average Bonchev–Trinajstić information content (AvgIpc) is 3.17. The van der Waals surface area contributed by atoms with E-state index in [1.54, 1.807) is 18.2 Å². The summed E-state index contributed by atoms with van der Waals surface area (Å²) in [7, 11) is 0. The summed E-state index contributed by atoms with van der Waals surface area (Å²) < 4.78 is 16.0. The molecule has 3 rings (SSSR count). The van der Waals surface area contributed by atoms with Crippen molar-refractivity contribution in [1.29, 1.82) is 5.26 Å². The van der Waals surface area contributed by atoms with Crippen LogP contribution in [-0.2, 0) is 11.4 Å². The van der Waals surface area contributed by atoms with Gasteiger partial charge < -0.3 is 19.3 Å². The molecule has 1 saturated heterocycles. The monoisotopic (exact) mass is 359 g/mol. The standard InChI is InChI=1S/C15H9N3O4S2/c16-6-9-3-1-2-4-10(9)7-20-12-5-13(22-18-12)21-8-11-14(19)17-15(23)24-11/h1-5,8H,7H2,(H,17,19,23). The number of nitrogens with one attached hydrogen (secondary N) is 1. The van der Waals surface area contributed by atoms with E-state index < -0.39 is 0 Å². The highest BCUT2D eigenvalue weighted by atomic mass is 32.2. The number of benzene rings is 1. The summed E-state index contributed by atoms with van der Waals surface area (Å²) in [4.78, 5) is 11.8. The molecule has 2 heterocycles. The van der Waals surface area contributed by atoms with Gasteiger partial charge in [0.15, 0.2) is 0 Å². The Bertz CT molecular complexity index is 870. The molecule has 1 fully saturated rings. The van der Waals surface area contributed by atoms with Gasteiger partial charge in [-0.25, -0.2) is 0 Å². The molecule has 0 unspecified atom stereocenters. The first-order valence-electron chi connectivity index (χ1n) is 6.63. The van der Waals surface area contributed by atoms with Crippen LogP contribution in [0.1, 0.15) is 11.1 Å². The number of hydrogen-bond acceptors (Lipinski definition) is 8. The maximum absolute atomic E-state index is 11.5. The van der Waals surface area contributed by atoms with Gasteiger partial charge in [0, 0.05) is 5.56 Å². The number of thiocarbonyl (C=S) groups is 1. The van der Waals surface area contributed by atoms with Crippen LogP contribution < -0.4 is 14.8 Å². The number of nitrogens with zero attached hydrogens (tertiary/aromatic N) is 2. The number of aromatic nitrogens is 1. The predicted octanol–water partition coefficient (Wildman–Crippen LogP) is 2.49. The lowest BCUT2D eigenvalue weighted by molar-refractivity contribution is -0.115. The molecule has 1 aliphatic rings. The highest BCUT2D eigenvalue weighted by Gasteiger charge is 2.23. The predicted molar refractivity (Wildman–Crippen MR) is 89.0 cm³/mol. The maximum atomic E-state index is 11.5. The van der Waals surface area contributed by atoms with E-state index in [4.69, 9.17) is 31.5 Å². The largest absolute Gasteiger partial charge is 0.470 e. The van der Waals surface area contributed by atoms with Gasteiger partial charge in [0.2, 0.25) is 0 Å². The van der Waals surface area contributed by atoms with E-state index in [0.717, 1.165) is 17.3 Å². The van der Waals surface area contributed by atoms with Crippen LogP contribution >= 0.6 is 24.0 Å². The van der Waals surface area contributed by atoms with Gasteiger partial charge in [-0.1, -0.05) is 42.2 Å². The number of ether oxygens (including phenoxy) is 2. The molecule has 7 nitrogen and oxygen atoms in total. The first-order chi connectivity index (χ1) is 11.7. The fraction of sp³-hybridized carbons (Fsp3) is 0.0667. The molecule has 0 aliphatic carbocycles. The van der Waals surface area contributed by atoms with Crippen molar-refractivity contribution in [2.45, 2.75) is 6.61 Å². The van der Waals surface area contributed by atoms with Gasteiger partial charge in [0.05, 0.1) is 17.7 Å². The summed E-state index contributed by atoms with van der Waals surface area (Å²) in [5.41, 5.74) is 1.27. The lowest BCUT2D eigenvalue weighted by atomic mass is 10.1. The van der Waals surface area contributed by atoms with Crippen molar-refractivity contribution in [3.8, 4) is 17.9 Å². The number of nitriles is 1. The molecular formula is C15H9N3O4S2. The van der Waals surface area contributed by atoms with Gasteiger partial charge in [-0.3, -0.25) is 4.79 Å². The van der Waals surface area contributed by atoms with E-state index in [0.29, 0.717) is 14.8 Å². The van der Waals surface area contributed by atoms with Crippen molar-refractivity contribution >= 4 is 34.2 Å². The molecule has 1 aromatic carbocycles. The zero-order chi connectivity index (χ0) is 16.9. The normalized spacial score (nSPS) is 15.2. The number of carbonyl (C=O) groups excluding carboxylic acids is 1. The minimum Gasteiger partial charge on any atom is -0.470 e. The highest BCUT2D eigenvalue weighted by molar-refractivity contribution is 8.26. The molecule has 1 aromatic heterocycles. The van der Waals surface area contributed by atoms with Crippen LogP contribution in [0, 0.1) is 11.3 Å². The fourth-order valence-corrected chi connectivity index (χ4v) is 2.73. The molecule has 1 N–H and O–H groups in total. The first-order valence-corrected chi connectivity index (χ1v) is 7.85. The molecule has 120 valence electrons. The van der Waals surface area contributed by atoms with Gasteiger partial charge in [0.1, 0.15) is 22.1 Å². The summed E-state index contributed by atoms with van der Waals surface area (Å²) >= 11 is 5.96. The van der Waals surface area contributed by atoms with Crippen LogP contribution in [0.2, 0.25) is 0 Å². The van der Waals surface area contributed by atoms with Gasteiger partial charge >= 0.3 is 5.95 Å². The number of carbonyl (C=O) groups is 1. The van der Waals surface area contributed by atoms with Gasteiger partial charge in [-0.15, -0.1) is 0 Å². The van der Waals surface area contributed by atoms with E-state index >= 15 is 0 Å². The summed E-state index contributed by atoms with van der Waals surface area (Å²) in [6.45, 7) is 0.170. The zero-order valence-electron chi connectivity index (χ0n) is 12.0. The molecule has 9 heteroatoms. The Hall–Kier alpha value is -2.83. The van der Waals surface area contributed by atoms with E-state index in [9.17, 15) is 4.79 Å². The minimum atomic E-state index is -0.325. The van der Waals surface area contributed by atoms with Crippen LogP contribution in [-0.4, -0.2) is 15.4 Å². The SMILES string of the molecule is N#Cc1ccccc1COc1cc(OC=C2SC(=S)NC2=O)on1. The molecule has 2 aromatic rings. The average molecular weight is 359 g/mol. The number of rotatable bonds is 5. The Labute approximate surface area is 146 Å². The topological polar surface area (TPSA) is 97.4 Å². The molecule has 0 radical (unpaired) electrons. The molecule has 24 heavy (non-hydrogen) atoms. The Morgan fingerprint density at radius 3 is 3.04 bits per heavy atom. The third kappa shape index (κ3) is 3.73. The van der Waals surface area contributed by atoms with Crippen LogP contribution in [0.15, 0.2) is 46.0 Å². The first kappa shape index (κ1) is 16.0. The fourth-order valence-electron chi connectivity index (χ4n) is 1.79. The highest BCUT2D eigenvalue weighted by Crippen LogP contribution is 2.25. The minimum absolute atomic E-state index is 0.0669. The third-order valence-electron chi connectivity index (χ3n) is 2.90. The Morgan fingerprint density at radius 1 is 1.46 bits per heavy atom. The molecule has 0 spiro atoms. The lowest BCUT2D eigenvalue weighted by Gasteiger charge is -2.03. The Balaban J connectivity index is 1.60. The van der Waals surface area contributed by atoms with Crippen molar-refractivity contribution in [2.24, 2.45) is 0 Å². The molecule has 0 saturated carbocycles. The molecule has 0 atom stereocenters. The summed E-state index contributed by atoms with van der Waals surface area (Å²) in [6.07, 6.45) is 1.23. The van der Waals surface area contributed by atoms with E-state index in [1.807, 2.05) is 6.07 Å². The second-order valence-corrected chi connectivity index (χ2v) is 6.20. The quantitative estimate of drug-likeness (QED) is 0.494. The smallest absolute Gasteiger partial charge is 0.320 e. The van der Waals surface area contributed by atoms with Crippen molar-refractivity contribution in [2.75, 3.05) is 0 Å². The van der Waals surface area contributed by atoms with Crippen molar-refractivity contribution in [3.63, 3.8) is 0 Å². The lowest BCUT2D eigenvalue weighted by Crippen LogP contribution is -2.17. The van der Waals surface area contributed by atoms with E-state index in [2.05, 4.69) is 16.5 Å². The van der Waals surface area contributed by atoms with Crippen LogP contribution in [0.3, 0.4) is 0 Å². The number of hydrogen-bond donors (Lipinski definition) is 1. The summed E-state index contributed by atoms with van der Waals surface area (Å²) in [5, 5.41) is 15.2. The molecule has 1 amide bonds. The van der Waals surface area contributed by atoms with Gasteiger partial charge in [-0.05, 0) is 11.2 Å². The van der Waals surface area contributed by atoms with E-state index in [-0.39, 0.29) is 24.3 Å². The van der Waals surface area contributed by atoms with Crippen LogP contribution in [0.4, 0.5) is 0 Å². The van der Waals surface area contributed by atoms with E-state index in [1.165, 1.54) is 12.3 Å². The number of thioether (sulfide) groups is 1. The second kappa shape index (κ2) is 7.16. The number of amides is 1. The van der Waals surface area contributed by atoms with Crippen molar-refractivity contribution in [1.82, 2.24) is 10.5 Å². The maximum Gasteiger partial charge on any atom is 0.320 e. The second-order valence-electron chi connectivity index (χ2n) is 4.49. The summed E-state index contributed by atoms with van der Waals surface area (Å²) in [5.74, 6) is -0.0541. The van der Waals surface area contributed by atoms with Crippen molar-refractivity contribution in [3.05, 3.63) is 52.6 Å². The van der Waals surface area contributed by atoms with Gasteiger partial charge in [0.25, 0.3) is 11.8 Å². The summed E-state index contributed by atoms with van der Waals surface area (Å²) in [6, 6.07) is 10.6. The molecule has 0 bridgehead atoms. The molecule has 1 aliphatic heterocycles. The van der Waals surface area contributed by atoms with Crippen LogP contribution in [0.5, 0.6) is 11.8 Å². The Morgan fingerprint density at radius 2 is 2.29 bits per heavy atom.